The van der Waals surface area contributed by atoms with Crippen LogP contribution in [0.5, 0.6) is 0 Å². The van der Waals surface area contributed by atoms with Gasteiger partial charge in [-0.25, -0.2) is 4.79 Å². The number of halogens is 3. The Hall–Kier alpha value is -4.20. The van der Waals surface area contributed by atoms with E-state index in [0.717, 1.165) is 56.9 Å². The number of hydrogen-bond donors (Lipinski definition) is 2. The molecule has 1 heterocycles. The number of anilines is 1. The van der Waals surface area contributed by atoms with Crippen molar-refractivity contribution in [2.24, 2.45) is 0 Å². The third-order valence-corrected chi connectivity index (χ3v) is 7.02. The van der Waals surface area contributed by atoms with Crippen molar-refractivity contribution in [2.75, 3.05) is 31.5 Å². The van der Waals surface area contributed by atoms with E-state index in [2.05, 4.69) is 72.3 Å². The number of nitriles is 1. The van der Waals surface area contributed by atoms with Gasteiger partial charge in [-0.3, -0.25) is 14.6 Å². The third kappa shape index (κ3) is 10.9. The monoisotopic (exact) mass is 594 g/mol. The molecular formula is C33H37F3N4O3. The second kappa shape index (κ2) is 14.8. The molecule has 1 aliphatic heterocycles. The Morgan fingerprint density at radius 3 is 1.93 bits per heavy atom. The number of carbonyl (C=O) groups excluding carboxylic acids is 1. The molecular weight excluding hydrogens is 557 g/mol. The van der Waals surface area contributed by atoms with E-state index in [1.807, 2.05) is 42.5 Å². The maximum absolute atomic E-state index is 12.7. The second-order valence-electron chi connectivity index (χ2n) is 11.5. The summed E-state index contributed by atoms with van der Waals surface area (Å²) in [6.07, 6.45) is -3.97. The van der Waals surface area contributed by atoms with E-state index in [-0.39, 0.29) is 11.3 Å². The molecule has 0 bridgehead atoms. The molecule has 1 fully saturated rings. The number of rotatable bonds is 6. The molecule has 1 amide bonds. The molecule has 43 heavy (non-hydrogen) atoms. The summed E-state index contributed by atoms with van der Waals surface area (Å²) in [6.45, 7) is 12.4. The fourth-order valence-corrected chi connectivity index (χ4v) is 4.61. The smallest absolute Gasteiger partial charge is 0.475 e. The number of alkyl halides is 3. The van der Waals surface area contributed by atoms with Crippen molar-refractivity contribution in [3.05, 3.63) is 101 Å². The van der Waals surface area contributed by atoms with Gasteiger partial charge in [0.05, 0.1) is 11.6 Å². The Kier molecular flexibility index (Phi) is 11.5. The fourth-order valence-electron chi connectivity index (χ4n) is 4.61. The predicted octanol–water partition coefficient (Wildman–Crippen LogP) is 6.45. The molecule has 0 spiro atoms. The number of nitrogens with zero attached hydrogens (tertiary/aromatic N) is 3. The van der Waals surface area contributed by atoms with Crippen LogP contribution in [0.2, 0.25) is 0 Å². The van der Waals surface area contributed by atoms with Crippen LogP contribution >= 0.6 is 0 Å². The van der Waals surface area contributed by atoms with Gasteiger partial charge in [-0.05, 0) is 78.0 Å². The molecule has 4 rings (SSSR count). The molecule has 0 unspecified atom stereocenters. The highest BCUT2D eigenvalue weighted by Gasteiger charge is 2.38. The van der Waals surface area contributed by atoms with Crippen molar-refractivity contribution in [3.63, 3.8) is 0 Å². The lowest BCUT2D eigenvalue weighted by molar-refractivity contribution is -0.192. The van der Waals surface area contributed by atoms with Gasteiger partial charge in [0.25, 0.3) is 5.91 Å². The number of carboxylic acid groups (broad SMARTS) is 1. The average Bonchev–Trinajstić information content (AvgIpc) is 3.18. The maximum Gasteiger partial charge on any atom is 0.490 e. The zero-order chi connectivity index (χ0) is 31.6. The van der Waals surface area contributed by atoms with Crippen LogP contribution in [-0.4, -0.2) is 59.1 Å². The largest absolute Gasteiger partial charge is 0.490 e. The lowest BCUT2D eigenvalue weighted by Gasteiger charge is -2.22. The van der Waals surface area contributed by atoms with Crippen molar-refractivity contribution in [1.82, 2.24) is 9.80 Å². The van der Waals surface area contributed by atoms with E-state index in [0.29, 0.717) is 5.56 Å². The number of carbonyl (C=O) groups is 2. The van der Waals surface area contributed by atoms with Crippen LogP contribution in [0.15, 0.2) is 72.8 Å². The number of amides is 1. The zero-order valence-electron chi connectivity index (χ0n) is 24.6. The first-order valence-electron chi connectivity index (χ1n) is 14.0. The van der Waals surface area contributed by atoms with Crippen LogP contribution in [-0.2, 0) is 23.3 Å². The summed E-state index contributed by atoms with van der Waals surface area (Å²) in [4.78, 5) is 26.6. The van der Waals surface area contributed by atoms with Gasteiger partial charge in [0, 0.05) is 37.4 Å². The van der Waals surface area contributed by atoms with E-state index in [9.17, 15) is 18.0 Å². The third-order valence-electron chi connectivity index (χ3n) is 7.02. The van der Waals surface area contributed by atoms with Gasteiger partial charge in [0.2, 0.25) is 0 Å². The van der Waals surface area contributed by atoms with E-state index in [4.69, 9.17) is 15.2 Å². The Morgan fingerprint density at radius 2 is 1.42 bits per heavy atom. The molecule has 0 aromatic heterocycles. The number of benzene rings is 3. The van der Waals surface area contributed by atoms with Crippen LogP contribution in [0.1, 0.15) is 59.8 Å². The summed E-state index contributed by atoms with van der Waals surface area (Å²) in [7, 11) is 0. The molecule has 0 saturated carbocycles. The van der Waals surface area contributed by atoms with Gasteiger partial charge in [-0.15, -0.1) is 0 Å². The van der Waals surface area contributed by atoms with Crippen LogP contribution in [0.3, 0.4) is 0 Å². The minimum atomic E-state index is -5.08. The summed E-state index contributed by atoms with van der Waals surface area (Å²) in [5, 5.41) is 19.3. The fraction of sp³-hybridized carbons (Fsp3) is 0.364. The minimum Gasteiger partial charge on any atom is -0.475 e. The van der Waals surface area contributed by atoms with E-state index in [1.165, 1.54) is 16.7 Å². The molecule has 3 aromatic carbocycles. The van der Waals surface area contributed by atoms with Crippen LogP contribution in [0, 0.1) is 11.3 Å². The molecule has 0 radical (unpaired) electrons. The maximum atomic E-state index is 12.7. The highest BCUT2D eigenvalue weighted by Crippen LogP contribution is 2.24. The molecule has 1 aliphatic rings. The van der Waals surface area contributed by atoms with Crippen LogP contribution < -0.4 is 5.32 Å². The van der Waals surface area contributed by atoms with Gasteiger partial charge in [-0.1, -0.05) is 57.2 Å². The molecule has 1 saturated heterocycles. The van der Waals surface area contributed by atoms with Gasteiger partial charge in [-0.2, -0.15) is 18.4 Å². The molecule has 7 nitrogen and oxygen atoms in total. The number of aliphatic carboxylic acids is 1. The van der Waals surface area contributed by atoms with Crippen LogP contribution in [0.25, 0.3) is 0 Å². The molecule has 2 N–H and O–H groups in total. The highest BCUT2D eigenvalue weighted by molar-refractivity contribution is 6.04. The summed E-state index contributed by atoms with van der Waals surface area (Å²) in [5.74, 6) is -2.84. The first-order chi connectivity index (χ1) is 20.2. The number of nitrogens with one attached hydrogen (secondary N) is 1. The first kappa shape index (κ1) is 33.3. The molecule has 0 atom stereocenters. The molecule has 10 heteroatoms. The summed E-state index contributed by atoms with van der Waals surface area (Å²) in [6, 6.07) is 26.2. The number of carboxylic acids is 1. The summed E-state index contributed by atoms with van der Waals surface area (Å²) < 4.78 is 31.7. The van der Waals surface area contributed by atoms with Crippen molar-refractivity contribution < 1.29 is 27.9 Å². The Labute approximate surface area is 250 Å². The van der Waals surface area contributed by atoms with Crippen molar-refractivity contribution in [3.8, 4) is 6.07 Å². The summed E-state index contributed by atoms with van der Waals surface area (Å²) >= 11 is 0. The normalized spacial score (nSPS) is 14.5. The Balaban J connectivity index is 0.000000646. The predicted molar refractivity (Wildman–Crippen MR) is 160 cm³/mol. The van der Waals surface area contributed by atoms with Gasteiger partial charge in [0.1, 0.15) is 0 Å². The molecule has 228 valence electrons. The zero-order valence-corrected chi connectivity index (χ0v) is 24.6. The topological polar surface area (TPSA) is 96.7 Å². The lowest BCUT2D eigenvalue weighted by atomic mass is 9.87. The van der Waals surface area contributed by atoms with E-state index >= 15 is 0 Å². The summed E-state index contributed by atoms with van der Waals surface area (Å²) in [5.41, 5.74) is 5.95. The van der Waals surface area contributed by atoms with E-state index < -0.39 is 12.1 Å². The quantitative estimate of drug-likeness (QED) is 0.341. The standard InChI is InChI=1S/C31H36N4O.C2HF3O2/c1-31(2,3)28-12-14-29(15-13-28)33-30(36)27-10-8-24(9-11-27)22-34-16-5-17-35(19-18-34)23-26-7-4-6-25(20-26)21-32;3-2(4,5)1(6)7/h4,6-15,20H,5,16-19,22-23H2,1-3H3,(H,33,36);(H,6,7). The van der Waals surface area contributed by atoms with Gasteiger partial charge >= 0.3 is 12.1 Å². The SMILES string of the molecule is CC(C)(C)c1ccc(NC(=O)c2ccc(CN3CCCN(Cc4cccc(C#N)c4)CC3)cc2)cc1.O=C(O)C(F)(F)F. The van der Waals surface area contributed by atoms with Crippen molar-refractivity contribution in [2.45, 2.75) is 51.9 Å². The molecule has 0 aliphatic carbocycles. The minimum absolute atomic E-state index is 0.0871. The Morgan fingerprint density at radius 1 is 0.860 bits per heavy atom. The van der Waals surface area contributed by atoms with E-state index in [1.54, 1.807) is 0 Å². The molecule has 3 aromatic rings. The van der Waals surface area contributed by atoms with Crippen molar-refractivity contribution >= 4 is 17.6 Å². The average molecular weight is 595 g/mol. The van der Waals surface area contributed by atoms with Gasteiger partial charge in [0.15, 0.2) is 0 Å². The highest BCUT2D eigenvalue weighted by atomic mass is 19.4. The lowest BCUT2D eigenvalue weighted by Crippen LogP contribution is -2.30. The van der Waals surface area contributed by atoms with Crippen LogP contribution in [0.4, 0.5) is 18.9 Å². The number of hydrogen-bond acceptors (Lipinski definition) is 5. The Bertz CT molecular complexity index is 1410. The second-order valence-corrected chi connectivity index (χ2v) is 11.5. The van der Waals surface area contributed by atoms with Crippen molar-refractivity contribution in [1.29, 1.82) is 5.26 Å². The van der Waals surface area contributed by atoms with Gasteiger partial charge < -0.3 is 10.4 Å². The first-order valence-corrected chi connectivity index (χ1v) is 14.0.